The fourth-order valence-electron chi connectivity index (χ4n) is 2.48. The van der Waals surface area contributed by atoms with Crippen molar-refractivity contribution < 1.29 is 9.53 Å². The van der Waals surface area contributed by atoms with E-state index in [-0.39, 0.29) is 11.9 Å². The number of hydrogen-bond donors (Lipinski definition) is 1. The molecule has 3 unspecified atom stereocenters. The van der Waals surface area contributed by atoms with Crippen LogP contribution >= 0.6 is 0 Å². The summed E-state index contributed by atoms with van der Waals surface area (Å²) in [5, 5.41) is 0. The second-order valence-corrected chi connectivity index (χ2v) is 5.11. The van der Waals surface area contributed by atoms with Crippen LogP contribution in [0, 0.1) is 5.92 Å². The largest absolute Gasteiger partial charge is 0.378 e. The minimum Gasteiger partial charge on any atom is -0.378 e. The van der Waals surface area contributed by atoms with E-state index in [0.717, 1.165) is 32.4 Å². The van der Waals surface area contributed by atoms with Crippen molar-refractivity contribution in [2.24, 2.45) is 11.7 Å². The fourth-order valence-corrected chi connectivity index (χ4v) is 2.48. The lowest BCUT2D eigenvalue weighted by Gasteiger charge is -2.35. The van der Waals surface area contributed by atoms with Crippen molar-refractivity contribution in [1.82, 2.24) is 4.90 Å². The number of nitrogens with two attached hydrogens (primary N) is 1. The van der Waals surface area contributed by atoms with E-state index in [2.05, 4.69) is 6.92 Å². The van der Waals surface area contributed by atoms with Crippen molar-refractivity contribution in [2.45, 2.75) is 44.8 Å². The number of hydrogen-bond acceptors (Lipinski definition) is 3. The Hall–Kier alpha value is -0.610. The molecule has 0 spiro atoms. The summed E-state index contributed by atoms with van der Waals surface area (Å²) in [5.41, 5.74) is 5.99. The molecule has 2 heterocycles. The lowest BCUT2D eigenvalue weighted by molar-refractivity contribution is -0.135. The van der Waals surface area contributed by atoms with E-state index in [4.69, 9.17) is 10.5 Å². The third-order valence-electron chi connectivity index (χ3n) is 3.76. The third-order valence-corrected chi connectivity index (χ3v) is 3.76. The average molecular weight is 226 g/mol. The molecular weight excluding hydrogens is 204 g/mol. The summed E-state index contributed by atoms with van der Waals surface area (Å²) in [6, 6.07) is 0.141. The zero-order valence-electron chi connectivity index (χ0n) is 10.0. The number of nitrogens with zero attached hydrogens (tertiary/aromatic N) is 1. The van der Waals surface area contributed by atoms with Gasteiger partial charge in [0.15, 0.2) is 0 Å². The second kappa shape index (κ2) is 5.15. The van der Waals surface area contributed by atoms with E-state index >= 15 is 0 Å². The molecule has 2 rings (SSSR count). The predicted molar refractivity (Wildman–Crippen MR) is 61.9 cm³/mol. The molecule has 3 atom stereocenters. The maximum atomic E-state index is 11.8. The molecule has 16 heavy (non-hydrogen) atoms. The number of carbonyl (C=O) groups excluding carboxylic acids is 1. The Morgan fingerprint density at radius 1 is 1.56 bits per heavy atom. The topological polar surface area (TPSA) is 55.6 Å². The van der Waals surface area contributed by atoms with Crippen LogP contribution in [0.3, 0.4) is 0 Å². The monoisotopic (exact) mass is 226 g/mol. The highest BCUT2D eigenvalue weighted by Gasteiger charge is 2.29. The Bertz CT molecular complexity index is 251. The molecule has 0 bridgehead atoms. The van der Waals surface area contributed by atoms with Gasteiger partial charge in [-0.15, -0.1) is 0 Å². The minimum atomic E-state index is 0.141. The molecule has 0 aromatic heterocycles. The molecule has 4 nitrogen and oxygen atoms in total. The first-order valence-electron chi connectivity index (χ1n) is 6.32. The summed E-state index contributed by atoms with van der Waals surface area (Å²) >= 11 is 0. The molecule has 2 fully saturated rings. The number of amides is 1. The highest BCUT2D eigenvalue weighted by molar-refractivity contribution is 5.77. The van der Waals surface area contributed by atoms with Crippen LogP contribution in [0.5, 0.6) is 0 Å². The summed E-state index contributed by atoms with van der Waals surface area (Å²) in [6.45, 7) is 4.46. The van der Waals surface area contributed by atoms with E-state index < -0.39 is 0 Å². The van der Waals surface area contributed by atoms with Gasteiger partial charge in [-0.3, -0.25) is 4.79 Å². The molecule has 2 aliphatic heterocycles. The molecule has 0 aromatic carbocycles. The van der Waals surface area contributed by atoms with Gasteiger partial charge in [0.25, 0.3) is 0 Å². The highest BCUT2D eigenvalue weighted by Crippen LogP contribution is 2.20. The van der Waals surface area contributed by atoms with Crippen LogP contribution < -0.4 is 5.73 Å². The standard InChI is InChI=1S/C12H22N2O2/c1-9-7-12(15)14(8-11(9)13)5-4-10-3-2-6-16-10/h9-11H,2-8,13H2,1H3. The Morgan fingerprint density at radius 2 is 2.38 bits per heavy atom. The van der Waals surface area contributed by atoms with Gasteiger partial charge in [-0.05, 0) is 25.2 Å². The fraction of sp³-hybridized carbons (Fsp3) is 0.917. The van der Waals surface area contributed by atoms with Gasteiger partial charge < -0.3 is 15.4 Å². The normalized spacial score (nSPS) is 35.8. The molecule has 1 amide bonds. The second-order valence-electron chi connectivity index (χ2n) is 5.11. The van der Waals surface area contributed by atoms with Gasteiger partial charge in [0, 0.05) is 32.2 Å². The molecule has 0 aliphatic carbocycles. The Kier molecular flexibility index (Phi) is 3.82. The summed E-state index contributed by atoms with van der Waals surface area (Å²) in [5.74, 6) is 0.582. The molecule has 0 radical (unpaired) electrons. The molecular formula is C12H22N2O2. The van der Waals surface area contributed by atoms with E-state index in [0.29, 0.717) is 25.0 Å². The first kappa shape index (κ1) is 11.9. The summed E-state index contributed by atoms with van der Waals surface area (Å²) < 4.78 is 5.56. The third kappa shape index (κ3) is 2.74. The van der Waals surface area contributed by atoms with Gasteiger partial charge in [-0.2, -0.15) is 0 Å². The minimum absolute atomic E-state index is 0.141. The summed E-state index contributed by atoms with van der Waals surface area (Å²) in [7, 11) is 0. The zero-order chi connectivity index (χ0) is 11.5. The summed E-state index contributed by atoms with van der Waals surface area (Å²) in [6.07, 6.45) is 4.24. The van der Waals surface area contributed by atoms with Crippen molar-refractivity contribution >= 4 is 5.91 Å². The van der Waals surface area contributed by atoms with Crippen LogP contribution in [-0.4, -0.2) is 42.6 Å². The van der Waals surface area contributed by atoms with Crippen LogP contribution in [-0.2, 0) is 9.53 Å². The molecule has 0 saturated carbocycles. The van der Waals surface area contributed by atoms with E-state index in [1.165, 1.54) is 0 Å². The Morgan fingerprint density at radius 3 is 3.06 bits per heavy atom. The van der Waals surface area contributed by atoms with Gasteiger partial charge in [0.1, 0.15) is 0 Å². The zero-order valence-corrected chi connectivity index (χ0v) is 10.0. The van der Waals surface area contributed by atoms with Crippen molar-refractivity contribution in [1.29, 1.82) is 0 Å². The molecule has 4 heteroatoms. The first-order chi connectivity index (χ1) is 7.66. The predicted octanol–water partition coefficient (Wildman–Crippen LogP) is 0.751. The van der Waals surface area contributed by atoms with Crippen molar-refractivity contribution in [3.8, 4) is 0 Å². The Balaban J connectivity index is 1.77. The van der Waals surface area contributed by atoms with Crippen LogP contribution in [0.2, 0.25) is 0 Å². The van der Waals surface area contributed by atoms with Gasteiger partial charge >= 0.3 is 0 Å². The maximum absolute atomic E-state index is 11.8. The lowest BCUT2D eigenvalue weighted by Crippen LogP contribution is -2.51. The molecule has 92 valence electrons. The molecule has 2 N–H and O–H groups in total. The molecule has 0 aromatic rings. The lowest BCUT2D eigenvalue weighted by atomic mass is 9.93. The Labute approximate surface area is 97.1 Å². The van der Waals surface area contributed by atoms with E-state index in [1.807, 2.05) is 4.90 Å². The van der Waals surface area contributed by atoms with Crippen LogP contribution in [0.4, 0.5) is 0 Å². The number of likely N-dealkylation sites (tertiary alicyclic amines) is 1. The van der Waals surface area contributed by atoms with Crippen molar-refractivity contribution in [2.75, 3.05) is 19.7 Å². The summed E-state index contributed by atoms with van der Waals surface area (Å²) in [4.78, 5) is 13.7. The highest BCUT2D eigenvalue weighted by atomic mass is 16.5. The molecule has 2 saturated heterocycles. The number of ether oxygens (including phenoxy) is 1. The van der Waals surface area contributed by atoms with Crippen LogP contribution in [0.1, 0.15) is 32.6 Å². The van der Waals surface area contributed by atoms with Gasteiger partial charge in [-0.25, -0.2) is 0 Å². The first-order valence-corrected chi connectivity index (χ1v) is 6.32. The van der Waals surface area contributed by atoms with Crippen molar-refractivity contribution in [3.63, 3.8) is 0 Å². The van der Waals surface area contributed by atoms with E-state index in [9.17, 15) is 4.79 Å². The van der Waals surface area contributed by atoms with E-state index in [1.54, 1.807) is 0 Å². The number of rotatable bonds is 3. The number of piperidine rings is 1. The quantitative estimate of drug-likeness (QED) is 0.772. The van der Waals surface area contributed by atoms with Crippen LogP contribution in [0.25, 0.3) is 0 Å². The number of carbonyl (C=O) groups is 1. The molecule has 2 aliphatic rings. The average Bonchev–Trinajstić information content (AvgIpc) is 2.74. The smallest absolute Gasteiger partial charge is 0.222 e. The van der Waals surface area contributed by atoms with Gasteiger partial charge in [0.05, 0.1) is 6.10 Å². The van der Waals surface area contributed by atoms with Crippen molar-refractivity contribution in [3.05, 3.63) is 0 Å². The SMILES string of the molecule is CC1CC(=O)N(CCC2CCCO2)CC1N. The van der Waals surface area contributed by atoms with Crippen LogP contribution in [0.15, 0.2) is 0 Å². The van der Waals surface area contributed by atoms with Gasteiger partial charge in [-0.1, -0.05) is 6.92 Å². The van der Waals surface area contributed by atoms with Gasteiger partial charge in [0.2, 0.25) is 5.91 Å². The maximum Gasteiger partial charge on any atom is 0.222 e.